The quantitative estimate of drug-likeness (QED) is 0.198. The number of benzene rings is 2. The summed E-state index contributed by atoms with van der Waals surface area (Å²) in [5, 5.41) is 0. The van der Waals surface area contributed by atoms with E-state index in [1.54, 1.807) is 0 Å². The Labute approximate surface area is 190 Å². The molecule has 0 radical (unpaired) electrons. The number of ether oxygens (including phenoxy) is 2. The first kappa shape index (κ1) is 25.4. The lowest BCUT2D eigenvalue weighted by Gasteiger charge is -2.31. The van der Waals surface area contributed by atoms with Gasteiger partial charge in [0.1, 0.15) is 11.5 Å². The zero-order valence-corrected chi connectivity index (χ0v) is 22.0. The number of hydrogen-bond acceptors (Lipinski definition) is 4. The van der Waals surface area contributed by atoms with Crippen molar-refractivity contribution in [3.8, 4) is 11.5 Å². The fourth-order valence-corrected chi connectivity index (χ4v) is 11.8. The molecule has 0 spiro atoms. The molecular formula is C25H38O4Si2. The predicted molar refractivity (Wildman–Crippen MR) is 133 cm³/mol. The van der Waals surface area contributed by atoms with Crippen LogP contribution in [0, 0.1) is 0 Å². The molecule has 170 valence electrons. The topological polar surface area (TPSA) is 44.8 Å². The Kier molecular flexibility index (Phi) is 9.53. The second-order valence-corrected chi connectivity index (χ2v) is 18.7. The van der Waals surface area contributed by atoms with E-state index in [-0.39, 0.29) is 0 Å². The molecule has 6 heteroatoms. The highest BCUT2D eigenvalue weighted by Crippen LogP contribution is 2.26. The van der Waals surface area contributed by atoms with Gasteiger partial charge >= 0.3 is 6.16 Å². The molecule has 0 unspecified atom stereocenters. The third kappa shape index (κ3) is 9.41. The smallest absolute Gasteiger partial charge is 0.456 e. The molecule has 0 aromatic heterocycles. The van der Waals surface area contributed by atoms with E-state index in [0.29, 0.717) is 11.5 Å². The highest BCUT2D eigenvalue weighted by molar-refractivity contribution is 6.84. The summed E-state index contributed by atoms with van der Waals surface area (Å²) in [6, 6.07) is 16.5. The lowest BCUT2D eigenvalue weighted by Crippen LogP contribution is -2.42. The lowest BCUT2D eigenvalue weighted by atomic mass is 10.1. The van der Waals surface area contributed by atoms with Crippen LogP contribution in [-0.4, -0.2) is 22.8 Å². The van der Waals surface area contributed by atoms with Crippen LogP contribution in [0.25, 0.3) is 0 Å². The standard InChI is InChI=1S/C25H38O4Si2/c1-7-8-14-21-15-9-11-18-23(21)27-25(26)28-24-19-12-10-16-22(24)17-13-20-31(5,6)29-30(2,3)4/h9-12,15-16,18-19H,7-8,13-14,17,20H2,1-6H3. The second kappa shape index (κ2) is 11.6. The van der Waals surface area contributed by atoms with Gasteiger partial charge in [-0.1, -0.05) is 49.7 Å². The van der Waals surface area contributed by atoms with Gasteiger partial charge in [-0.15, -0.1) is 0 Å². The van der Waals surface area contributed by atoms with Crippen LogP contribution in [-0.2, 0) is 17.0 Å². The Hall–Kier alpha value is -1.90. The molecule has 0 heterocycles. The summed E-state index contributed by atoms with van der Waals surface area (Å²) in [6.07, 6.45) is 4.21. The molecule has 0 fully saturated rings. The van der Waals surface area contributed by atoms with E-state index in [2.05, 4.69) is 39.7 Å². The van der Waals surface area contributed by atoms with Crippen LogP contribution in [0.4, 0.5) is 4.79 Å². The van der Waals surface area contributed by atoms with Crippen molar-refractivity contribution in [3.05, 3.63) is 59.7 Å². The van der Waals surface area contributed by atoms with Gasteiger partial charge in [0.05, 0.1) is 0 Å². The molecule has 0 atom stereocenters. The van der Waals surface area contributed by atoms with Crippen molar-refractivity contribution in [3.63, 3.8) is 0 Å². The number of carbonyl (C=O) groups excluding carboxylic acids is 1. The minimum absolute atomic E-state index is 0.573. The first-order valence-corrected chi connectivity index (χ1v) is 17.9. The number of rotatable bonds is 11. The monoisotopic (exact) mass is 458 g/mol. The molecule has 0 saturated carbocycles. The zero-order chi connectivity index (χ0) is 22.9. The largest absolute Gasteiger partial charge is 0.519 e. The summed E-state index contributed by atoms with van der Waals surface area (Å²) in [6.45, 7) is 13.5. The van der Waals surface area contributed by atoms with E-state index in [4.69, 9.17) is 13.6 Å². The van der Waals surface area contributed by atoms with Gasteiger partial charge in [0, 0.05) is 0 Å². The SMILES string of the molecule is CCCCc1ccccc1OC(=O)Oc1ccccc1CCC[Si](C)(C)O[Si](C)(C)C. The van der Waals surface area contributed by atoms with Crippen LogP contribution in [0.2, 0.25) is 38.8 Å². The summed E-state index contributed by atoms with van der Waals surface area (Å²) < 4.78 is 17.6. The molecule has 2 aromatic rings. The van der Waals surface area contributed by atoms with Crippen molar-refractivity contribution in [2.45, 2.75) is 77.8 Å². The Bertz CT molecular complexity index is 843. The van der Waals surface area contributed by atoms with Crippen molar-refractivity contribution in [1.82, 2.24) is 0 Å². The molecule has 0 N–H and O–H groups in total. The second-order valence-electron chi connectivity index (χ2n) is 9.60. The van der Waals surface area contributed by atoms with Gasteiger partial charge in [0.25, 0.3) is 0 Å². The molecule has 0 saturated heterocycles. The molecule has 4 nitrogen and oxygen atoms in total. The Morgan fingerprint density at radius 1 is 0.774 bits per heavy atom. The first-order chi connectivity index (χ1) is 14.6. The van der Waals surface area contributed by atoms with Crippen molar-refractivity contribution < 1.29 is 18.4 Å². The van der Waals surface area contributed by atoms with Crippen molar-refractivity contribution in [1.29, 1.82) is 0 Å². The highest BCUT2D eigenvalue weighted by atomic mass is 28.4. The van der Waals surface area contributed by atoms with Crippen LogP contribution < -0.4 is 9.47 Å². The Morgan fingerprint density at radius 3 is 1.74 bits per heavy atom. The number of hydrogen-bond donors (Lipinski definition) is 0. The van der Waals surface area contributed by atoms with Crippen molar-refractivity contribution in [2.75, 3.05) is 0 Å². The average molecular weight is 459 g/mol. The van der Waals surface area contributed by atoms with Gasteiger partial charge in [-0.05, 0) is 87.7 Å². The summed E-state index contributed by atoms with van der Waals surface area (Å²) in [5.74, 6) is 1.15. The highest BCUT2D eigenvalue weighted by Gasteiger charge is 2.29. The fourth-order valence-electron chi connectivity index (χ4n) is 3.77. The summed E-state index contributed by atoms with van der Waals surface area (Å²) in [7, 11) is -3.21. The molecule has 0 aliphatic carbocycles. The molecule has 0 bridgehead atoms. The van der Waals surface area contributed by atoms with E-state index in [9.17, 15) is 4.79 Å². The maximum Gasteiger partial charge on any atom is 0.519 e. The van der Waals surface area contributed by atoms with E-state index in [1.165, 1.54) is 0 Å². The fraction of sp³-hybridized carbons (Fsp3) is 0.480. The van der Waals surface area contributed by atoms with Crippen molar-refractivity contribution in [2.24, 2.45) is 0 Å². The third-order valence-electron chi connectivity index (χ3n) is 4.94. The molecule has 0 amide bonds. The van der Waals surface area contributed by atoms with Gasteiger partial charge in [0.2, 0.25) is 0 Å². The van der Waals surface area contributed by atoms with E-state index >= 15 is 0 Å². The maximum atomic E-state index is 12.5. The van der Waals surface area contributed by atoms with Crippen LogP contribution in [0.15, 0.2) is 48.5 Å². The normalized spacial score (nSPS) is 11.9. The Morgan fingerprint density at radius 2 is 1.26 bits per heavy atom. The predicted octanol–water partition coefficient (Wildman–Crippen LogP) is 7.60. The third-order valence-corrected chi connectivity index (χ3v) is 11.2. The van der Waals surface area contributed by atoms with Gasteiger partial charge in [-0.2, -0.15) is 0 Å². The van der Waals surface area contributed by atoms with E-state index < -0.39 is 22.8 Å². The number of para-hydroxylation sites is 2. The minimum atomic E-state index is -1.68. The maximum absolute atomic E-state index is 12.5. The van der Waals surface area contributed by atoms with Crippen LogP contribution in [0.3, 0.4) is 0 Å². The summed E-state index contributed by atoms with van der Waals surface area (Å²) in [4.78, 5) is 12.5. The number of aryl methyl sites for hydroxylation is 2. The van der Waals surface area contributed by atoms with Crippen LogP contribution >= 0.6 is 0 Å². The van der Waals surface area contributed by atoms with Gasteiger partial charge in [0.15, 0.2) is 16.6 Å². The zero-order valence-electron chi connectivity index (χ0n) is 20.0. The molecular weight excluding hydrogens is 420 g/mol. The van der Waals surface area contributed by atoms with Gasteiger partial charge in [-0.25, -0.2) is 4.79 Å². The van der Waals surface area contributed by atoms with Gasteiger partial charge in [-0.3, -0.25) is 0 Å². The first-order valence-electron chi connectivity index (χ1n) is 11.4. The average Bonchev–Trinajstić information content (AvgIpc) is 2.66. The molecule has 0 aliphatic rings. The van der Waals surface area contributed by atoms with E-state index in [0.717, 1.165) is 49.3 Å². The number of unbranched alkanes of at least 4 members (excludes halogenated alkanes) is 1. The molecule has 2 rings (SSSR count). The van der Waals surface area contributed by atoms with E-state index in [1.807, 2.05) is 48.5 Å². The Balaban J connectivity index is 1.97. The molecule has 2 aromatic carbocycles. The minimum Gasteiger partial charge on any atom is -0.456 e. The summed E-state index contributed by atoms with van der Waals surface area (Å²) >= 11 is 0. The van der Waals surface area contributed by atoms with Crippen LogP contribution in [0.5, 0.6) is 11.5 Å². The van der Waals surface area contributed by atoms with Crippen LogP contribution in [0.1, 0.15) is 37.3 Å². The molecule has 0 aliphatic heterocycles. The molecule has 31 heavy (non-hydrogen) atoms. The summed E-state index contributed by atoms with van der Waals surface area (Å²) in [5.41, 5.74) is 2.06. The lowest BCUT2D eigenvalue weighted by molar-refractivity contribution is 0.151. The number of carbonyl (C=O) groups is 1. The van der Waals surface area contributed by atoms with Gasteiger partial charge < -0.3 is 13.6 Å². The van der Waals surface area contributed by atoms with Crippen molar-refractivity contribution >= 4 is 22.8 Å².